The summed E-state index contributed by atoms with van der Waals surface area (Å²) in [5.74, 6) is -0.462. The molecule has 0 atom stereocenters. The van der Waals surface area contributed by atoms with Crippen molar-refractivity contribution in [3.05, 3.63) is 59.2 Å². The van der Waals surface area contributed by atoms with Crippen molar-refractivity contribution in [3.8, 4) is 0 Å². The molecule has 0 aromatic heterocycles. The van der Waals surface area contributed by atoms with E-state index in [-0.39, 0.29) is 0 Å². The summed E-state index contributed by atoms with van der Waals surface area (Å²) in [7, 11) is 0. The van der Waals surface area contributed by atoms with Crippen LogP contribution in [0.3, 0.4) is 0 Å². The fourth-order valence-electron chi connectivity index (χ4n) is 2.19. The topological polar surface area (TPSA) is 81.1 Å². The van der Waals surface area contributed by atoms with Crippen molar-refractivity contribution in [1.82, 2.24) is 0 Å². The summed E-state index contributed by atoms with van der Waals surface area (Å²) in [6, 6.07) is 13.3. The SMILES string of the molecule is CCc1ccccc1CNc1cc(N)ccc1C(N)=O. The summed E-state index contributed by atoms with van der Waals surface area (Å²) >= 11 is 0. The first-order chi connectivity index (χ1) is 9.61. The predicted octanol–water partition coefficient (Wildman–Crippen LogP) is 2.54. The van der Waals surface area contributed by atoms with Crippen LogP contribution in [0.25, 0.3) is 0 Å². The Hall–Kier alpha value is -2.49. The van der Waals surface area contributed by atoms with Crippen molar-refractivity contribution >= 4 is 17.3 Å². The van der Waals surface area contributed by atoms with Crippen molar-refractivity contribution < 1.29 is 4.79 Å². The molecule has 0 saturated carbocycles. The van der Waals surface area contributed by atoms with Crippen LogP contribution in [0.2, 0.25) is 0 Å². The molecular weight excluding hydrogens is 250 g/mol. The molecule has 2 rings (SSSR count). The standard InChI is InChI=1S/C16H19N3O/c1-2-11-5-3-4-6-12(11)10-19-15-9-13(17)7-8-14(15)16(18)20/h3-9,19H,2,10,17H2,1H3,(H2,18,20). The summed E-state index contributed by atoms with van der Waals surface area (Å²) in [6.07, 6.45) is 0.970. The van der Waals surface area contributed by atoms with Gasteiger partial charge >= 0.3 is 0 Å². The van der Waals surface area contributed by atoms with Gasteiger partial charge in [0.1, 0.15) is 0 Å². The first-order valence-corrected chi connectivity index (χ1v) is 6.61. The number of anilines is 2. The number of rotatable bonds is 5. The number of primary amides is 1. The first kappa shape index (κ1) is 13.9. The van der Waals surface area contributed by atoms with Gasteiger partial charge in [0.05, 0.1) is 5.56 Å². The van der Waals surface area contributed by atoms with Crippen LogP contribution in [0.4, 0.5) is 11.4 Å². The smallest absolute Gasteiger partial charge is 0.250 e. The molecule has 0 aliphatic heterocycles. The fraction of sp³-hybridized carbons (Fsp3) is 0.188. The molecule has 0 radical (unpaired) electrons. The molecule has 0 fully saturated rings. The summed E-state index contributed by atoms with van der Waals surface area (Å²) < 4.78 is 0. The van der Waals surface area contributed by atoms with Crippen LogP contribution in [0.5, 0.6) is 0 Å². The van der Waals surface area contributed by atoms with E-state index in [1.54, 1.807) is 18.2 Å². The average Bonchev–Trinajstić information content (AvgIpc) is 2.45. The molecule has 104 valence electrons. The first-order valence-electron chi connectivity index (χ1n) is 6.61. The Kier molecular flexibility index (Phi) is 4.25. The van der Waals surface area contributed by atoms with E-state index in [4.69, 9.17) is 11.5 Å². The minimum Gasteiger partial charge on any atom is -0.399 e. The lowest BCUT2D eigenvalue weighted by Crippen LogP contribution is -2.15. The molecule has 0 aliphatic carbocycles. The zero-order valence-corrected chi connectivity index (χ0v) is 11.5. The quantitative estimate of drug-likeness (QED) is 0.730. The molecule has 0 aliphatic rings. The second kappa shape index (κ2) is 6.10. The maximum Gasteiger partial charge on any atom is 0.250 e. The molecule has 4 heteroatoms. The molecule has 5 N–H and O–H groups in total. The van der Waals surface area contributed by atoms with E-state index in [1.165, 1.54) is 11.1 Å². The van der Waals surface area contributed by atoms with Gasteiger partial charge in [0.25, 0.3) is 5.91 Å². The zero-order valence-electron chi connectivity index (χ0n) is 11.5. The van der Waals surface area contributed by atoms with Gasteiger partial charge < -0.3 is 16.8 Å². The van der Waals surface area contributed by atoms with Crippen LogP contribution in [0.15, 0.2) is 42.5 Å². The van der Waals surface area contributed by atoms with E-state index >= 15 is 0 Å². The van der Waals surface area contributed by atoms with E-state index in [9.17, 15) is 4.79 Å². The van der Waals surface area contributed by atoms with Crippen molar-refractivity contribution in [2.45, 2.75) is 19.9 Å². The number of carbonyl (C=O) groups excluding carboxylic acids is 1. The van der Waals surface area contributed by atoms with Gasteiger partial charge in [0.15, 0.2) is 0 Å². The Balaban J connectivity index is 2.22. The lowest BCUT2D eigenvalue weighted by Gasteiger charge is -2.13. The molecule has 0 unspecified atom stereocenters. The number of carbonyl (C=O) groups is 1. The van der Waals surface area contributed by atoms with Gasteiger partial charge in [-0.05, 0) is 35.7 Å². The largest absolute Gasteiger partial charge is 0.399 e. The lowest BCUT2D eigenvalue weighted by molar-refractivity contribution is 0.100. The molecule has 0 saturated heterocycles. The highest BCUT2D eigenvalue weighted by molar-refractivity contribution is 5.99. The van der Waals surface area contributed by atoms with Gasteiger partial charge in [-0.2, -0.15) is 0 Å². The lowest BCUT2D eigenvalue weighted by atomic mass is 10.0. The summed E-state index contributed by atoms with van der Waals surface area (Å²) in [5, 5.41) is 3.25. The van der Waals surface area contributed by atoms with Gasteiger partial charge in [-0.25, -0.2) is 0 Å². The third-order valence-electron chi connectivity index (χ3n) is 3.28. The molecule has 0 bridgehead atoms. The van der Waals surface area contributed by atoms with Gasteiger partial charge in [-0.1, -0.05) is 31.2 Å². The van der Waals surface area contributed by atoms with Gasteiger partial charge in [-0.15, -0.1) is 0 Å². The molecule has 0 spiro atoms. The van der Waals surface area contributed by atoms with E-state index < -0.39 is 5.91 Å². The Labute approximate surface area is 118 Å². The third kappa shape index (κ3) is 3.09. The molecule has 4 nitrogen and oxygen atoms in total. The molecule has 2 aromatic carbocycles. The number of nitrogens with one attached hydrogen (secondary N) is 1. The van der Waals surface area contributed by atoms with E-state index in [0.717, 1.165) is 6.42 Å². The maximum atomic E-state index is 11.4. The highest BCUT2D eigenvalue weighted by Crippen LogP contribution is 2.20. The van der Waals surface area contributed by atoms with E-state index in [1.807, 2.05) is 12.1 Å². The summed E-state index contributed by atoms with van der Waals surface area (Å²) in [6.45, 7) is 2.75. The predicted molar refractivity (Wildman–Crippen MR) is 82.5 cm³/mol. The Morgan fingerprint density at radius 3 is 2.50 bits per heavy atom. The number of benzene rings is 2. The fourth-order valence-corrected chi connectivity index (χ4v) is 2.19. The van der Waals surface area contributed by atoms with Crippen molar-refractivity contribution in [3.63, 3.8) is 0 Å². The number of hydrogen-bond acceptors (Lipinski definition) is 3. The molecule has 0 heterocycles. The number of nitrogens with two attached hydrogens (primary N) is 2. The van der Waals surface area contributed by atoms with E-state index in [2.05, 4.69) is 24.4 Å². The highest BCUT2D eigenvalue weighted by Gasteiger charge is 2.08. The summed E-state index contributed by atoms with van der Waals surface area (Å²) in [5.41, 5.74) is 15.3. The molecular formula is C16H19N3O. The van der Waals surface area contributed by atoms with Crippen LogP contribution >= 0.6 is 0 Å². The zero-order chi connectivity index (χ0) is 14.5. The highest BCUT2D eigenvalue weighted by atomic mass is 16.1. The van der Waals surface area contributed by atoms with Crippen molar-refractivity contribution in [2.24, 2.45) is 5.73 Å². The van der Waals surface area contributed by atoms with Crippen LogP contribution in [-0.2, 0) is 13.0 Å². The Morgan fingerprint density at radius 2 is 1.85 bits per heavy atom. The van der Waals surface area contributed by atoms with Crippen LogP contribution in [-0.4, -0.2) is 5.91 Å². The van der Waals surface area contributed by atoms with Gasteiger partial charge in [0.2, 0.25) is 0 Å². The number of nitrogen functional groups attached to an aromatic ring is 1. The van der Waals surface area contributed by atoms with Crippen molar-refractivity contribution in [2.75, 3.05) is 11.1 Å². The second-order valence-electron chi connectivity index (χ2n) is 4.65. The minimum absolute atomic E-state index is 0.452. The van der Waals surface area contributed by atoms with Crippen LogP contribution < -0.4 is 16.8 Å². The Morgan fingerprint density at radius 1 is 1.15 bits per heavy atom. The number of aryl methyl sites for hydroxylation is 1. The average molecular weight is 269 g/mol. The van der Waals surface area contributed by atoms with Crippen molar-refractivity contribution in [1.29, 1.82) is 0 Å². The number of amides is 1. The van der Waals surface area contributed by atoms with Gasteiger partial charge in [-0.3, -0.25) is 4.79 Å². The minimum atomic E-state index is -0.462. The van der Waals surface area contributed by atoms with E-state index in [0.29, 0.717) is 23.5 Å². The summed E-state index contributed by atoms with van der Waals surface area (Å²) in [4.78, 5) is 11.4. The third-order valence-corrected chi connectivity index (χ3v) is 3.28. The maximum absolute atomic E-state index is 11.4. The monoisotopic (exact) mass is 269 g/mol. The van der Waals surface area contributed by atoms with Crippen LogP contribution in [0, 0.1) is 0 Å². The second-order valence-corrected chi connectivity index (χ2v) is 4.65. The Bertz CT molecular complexity index is 623. The number of hydrogen-bond donors (Lipinski definition) is 3. The van der Waals surface area contributed by atoms with Gasteiger partial charge in [0, 0.05) is 17.9 Å². The molecule has 2 aromatic rings. The normalized spacial score (nSPS) is 10.2. The molecule has 1 amide bonds. The van der Waals surface area contributed by atoms with Crippen LogP contribution in [0.1, 0.15) is 28.4 Å². The molecule has 20 heavy (non-hydrogen) atoms.